The van der Waals surface area contributed by atoms with E-state index in [1.165, 1.54) is 0 Å². The fourth-order valence-electron chi connectivity index (χ4n) is 4.97. The lowest BCUT2D eigenvalue weighted by Gasteiger charge is -2.37. The number of alkyl halides is 1. The molecule has 4 atom stereocenters. The second-order valence-electron chi connectivity index (χ2n) is 9.33. The van der Waals surface area contributed by atoms with Gasteiger partial charge in [0.05, 0.1) is 20.8 Å². The smallest absolute Gasteiger partial charge is 0.330 e. The Hall–Kier alpha value is -4.25. The van der Waals surface area contributed by atoms with Gasteiger partial charge in [0.25, 0.3) is 5.56 Å². The summed E-state index contributed by atoms with van der Waals surface area (Å²) >= 11 is 0. The van der Waals surface area contributed by atoms with Crippen LogP contribution < -0.4 is 20.7 Å². The zero-order valence-corrected chi connectivity index (χ0v) is 21.9. The number of benzene rings is 3. The monoisotopic (exact) mass is 548 g/mol. The van der Waals surface area contributed by atoms with Crippen molar-refractivity contribution in [3.05, 3.63) is 129 Å². The molecule has 3 aromatic carbocycles. The molecule has 1 fully saturated rings. The van der Waals surface area contributed by atoms with Gasteiger partial charge in [-0.05, 0) is 41.0 Å². The van der Waals surface area contributed by atoms with E-state index in [1.54, 1.807) is 14.2 Å². The number of aliphatic hydroxyl groups excluding tert-OH is 1. The molecule has 0 saturated carbocycles. The molecule has 0 spiro atoms. The molecule has 1 aromatic heterocycles. The predicted molar refractivity (Wildman–Crippen MR) is 144 cm³/mol. The molecule has 1 aliphatic heterocycles. The number of H-pyrrole nitrogens is 1. The first kappa shape index (κ1) is 27.3. The second-order valence-corrected chi connectivity index (χ2v) is 9.33. The first-order valence-electron chi connectivity index (χ1n) is 12.6. The fraction of sp³-hybridized carbons (Fsp3) is 0.267. The number of aliphatic hydroxyl groups is 1. The van der Waals surface area contributed by atoms with Crippen molar-refractivity contribution in [3.63, 3.8) is 0 Å². The van der Waals surface area contributed by atoms with E-state index in [4.69, 9.17) is 18.9 Å². The summed E-state index contributed by atoms with van der Waals surface area (Å²) in [5, 5.41) is 10.8. The molecule has 0 aliphatic carbocycles. The number of hydrogen-bond acceptors (Lipinski definition) is 7. The third-order valence-corrected chi connectivity index (χ3v) is 7.06. The Kier molecular flexibility index (Phi) is 7.83. The van der Waals surface area contributed by atoms with E-state index in [9.17, 15) is 14.7 Å². The highest BCUT2D eigenvalue weighted by atomic mass is 19.1. The molecule has 4 aromatic rings. The molecule has 40 heavy (non-hydrogen) atoms. The van der Waals surface area contributed by atoms with Crippen LogP contribution in [-0.4, -0.2) is 53.9 Å². The number of aromatic amines is 1. The van der Waals surface area contributed by atoms with E-state index in [2.05, 4.69) is 4.98 Å². The zero-order valence-electron chi connectivity index (χ0n) is 21.9. The lowest BCUT2D eigenvalue weighted by atomic mass is 9.80. The average molecular weight is 549 g/mol. The highest BCUT2D eigenvalue weighted by Crippen LogP contribution is 2.43. The number of rotatable bonds is 9. The van der Waals surface area contributed by atoms with Gasteiger partial charge in [0.15, 0.2) is 12.4 Å². The van der Waals surface area contributed by atoms with Crippen molar-refractivity contribution in [3.8, 4) is 11.5 Å². The number of halogens is 1. The molecule has 208 valence electrons. The van der Waals surface area contributed by atoms with E-state index in [1.807, 2.05) is 78.9 Å². The maximum absolute atomic E-state index is 15.2. The standard InChI is InChI=1S/C30H29FN2O7/c1-37-22-12-8-20(9-13-22)30(19-6-4-3-5-7-19,21-10-14-23(38-2)15-11-21)39-18-24-27(35)26(31)28(40-24)33-17-16-25(34)32-29(33)36/h3-17,24,26-28,35H,18H2,1-2H3,(H,32,34,36)/t24-,26+,27-,28?/m1/s1. The fourth-order valence-corrected chi connectivity index (χ4v) is 4.97. The maximum Gasteiger partial charge on any atom is 0.330 e. The summed E-state index contributed by atoms with van der Waals surface area (Å²) < 4.78 is 39.4. The molecule has 1 saturated heterocycles. The van der Waals surface area contributed by atoms with Crippen LogP contribution in [0.4, 0.5) is 4.39 Å². The Balaban J connectivity index is 1.56. The third kappa shape index (κ3) is 5.04. The van der Waals surface area contributed by atoms with Crippen LogP contribution in [0, 0.1) is 0 Å². The molecule has 10 heteroatoms. The van der Waals surface area contributed by atoms with E-state index in [0.29, 0.717) is 11.5 Å². The van der Waals surface area contributed by atoms with E-state index < -0.39 is 41.5 Å². The van der Waals surface area contributed by atoms with Gasteiger partial charge in [-0.3, -0.25) is 14.3 Å². The average Bonchev–Trinajstić information content (AvgIpc) is 3.27. The van der Waals surface area contributed by atoms with Gasteiger partial charge in [-0.1, -0.05) is 54.6 Å². The Morgan fingerprint density at radius 3 is 1.95 bits per heavy atom. The van der Waals surface area contributed by atoms with Gasteiger partial charge in [-0.2, -0.15) is 0 Å². The lowest BCUT2D eigenvalue weighted by molar-refractivity contribution is -0.0950. The minimum atomic E-state index is -1.94. The highest BCUT2D eigenvalue weighted by molar-refractivity contribution is 5.49. The van der Waals surface area contributed by atoms with Gasteiger partial charge < -0.3 is 24.1 Å². The van der Waals surface area contributed by atoms with Gasteiger partial charge >= 0.3 is 5.69 Å². The van der Waals surface area contributed by atoms with Gasteiger partial charge in [-0.25, -0.2) is 9.18 Å². The van der Waals surface area contributed by atoms with Gasteiger partial charge in [-0.15, -0.1) is 0 Å². The third-order valence-electron chi connectivity index (χ3n) is 7.06. The summed E-state index contributed by atoms with van der Waals surface area (Å²) in [5.41, 5.74) is -0.389. The highest BCUT2D eigenvalue weighted by Gasteiger charge is 2.47. The van der Waals surface area contributed by atoms with Crippen LogP contribution in [0.15, 0.2) is 101 Å². The van der Waals surface area contributed by atoms with Crippen molar-refractivity contribution in [2.24, 2.45) is 0 Å². The first-order valence-corrected chi connectivity index (χ1v) is 12.6. The van der Waals surface area contributed by atoms with Gasteiger partial charge in [0, 0.05) is 12.3 Å². The molecule has 1 unspecified atom stereocenters. The zero-order chi connectivity index (χ0) is 28.3. The summed E-state index contributed by atoms with van der Waals surface area (Å²) in [7, 11) is 3.16. The Morgan fingerprint density at radius 2 is 1.43 bits per heavy atom. The van der Waals surface area contributed by atoms with E-state index in [-0.39, 0.29) is 6.61 Å². The molecular weight excluding hydrogens is 519 g/mol. The minimum absolute atomic E-state index is 0.233. The minimum Gasteiger partial charge on any atom is -0.497 e. The summed E-state index contributed by atoms with van der Waals surface area (Å²) in [6.07, 6.45) is -4.97. The van der Waals surface area contributed by atoms with Crippen LogP contribution in [0.3, 0.4) is 0 Å². The molecule has 2 N–H and O–H groups in total. The number of methoxy groups -OCH3 is 2. The van der Waals surface area contributed by atoms with E-state index in [0.717, 1.165) is 33.5 Å². The molecule has 5 rings (SSSR count). The number of hydrogen-bond donors (Lipinski definition) is 2. The van der Waals surface area contributed by atoms with Crippen molar-refractivity contribution < 1.29 is 28.4 Å². The molecular formula is C30H29FN2O7. The van der Waals surface area contributed by atoms with Crippen molar-refractivity contribution in [2.45, 2.75) is 30.2 Å². The molecule has 0 amide bonds. The largest absolute Gasteiger partial charge is 0.497 e. The molecule has 1 aliphatic rings. The maximum atomic E-state index is 15.2. The van der Waals surface area contributed by atoms with Crippen LogP contribution in [-0.2, 0) is 15.1 Å². The van der Waals surface area contributed by atoms with Crippen molar-refractivity contribution >= 4 is 0 Å². The SMILES string of the molecule is COc1ccc(C(OC[C@H]2OC(n3ccc(=O)[nH]c3=O)[C@@H](F)[C@@H]2O)(c2ccccc2)c2ccc(OC)cc2)cc1. The number of nitrogens with zero attached hydrogens (tertiary/aromatic N) is 1. The lowest BCUT2D eigenvalue weighted by Crippen LogP contribution is -2.39. The van der Waals surface area contributed by atoms with Crippen LogP contribution in [0.25, 0.3) is 0 Å². The first-order chi connectivity index (χ1) is 19.4. The van der Waals surface area contributed by atoms with Crippen molar-refractivity contribution in [2.75, 3.05) is 20.8 Å². The normalized spacial score (nSPS) is 20.8. The van der Waals surface area contributed by atoms with Crippen LogP contribution >= 0.6 is 0 Å². The van der Waals surface area contributed by atoms with Crippen LogP contribution in [0.2, 0.25) is 0 Å². The summed E-state index contributed by atoms with van der Waals surface area (Å²) in [4.78, 5) is 25.8. The Morgan fingerprint density at radius 1 is 0.875 bits per heavy atom. The second kappa shape index (κ2) is 11.5. The van der Waals surface area contributed by atoms with E-state index >= 15 is 4.39 Å². The Labute approximate surface area is 229 Å². The summed E-state index contributed by atoms with van der Waals surface area (Å²) in [6, 6.07) is 25.4. The summed E-state index contributed by atoms with van der Waals surface area (Å²) in [5.74, 6) is 1.31. The van der Waals surface area contributed by atoms with Gasteiger partial charge in [0.1, 0.15) is 29.3 Å². The molecule has 9 nitrogen and oxygen atoms in total. The molecule has 0 radical (unpaired) electrons. The quantitative estimate of drug-likeness (QED) is 0.309. The van der Waals surface area contributed by atoms with Crippen molar-refractivity contribution in [1.82, 2.24) is 9.55 Å². The van der Waals surface area contributed by atoms with Crippen LogP contribution in [0.5, 0.6) is 11.5 Å². The number of nitrogens with one attached hydrogen (secondary N) is 1. The number of aromatic nitrogens is 2. The van der Waals surface area contributed by atoms with Crippen molar-refractivity contribution in [1.29, 1.82) is 0 Å². The number of ether oxygens (including phenoxy) is 4. The topological polar surface area (TPSA) is 112 Å². The van der Waals surface area contributed by atoms with Crippen LogP contribution in [0.1, 0.15) is 22.9 Å². The van der Waals surface area contributed by atoms with Gasteiger partial charge in [0.2, 0.25) is 0 Å². The molecule has 2 heterocycles. The predicted octanol–water partition coefficient (Wildman–Crippen LogP) is 3.16. The molecule has 0 bridgehead atoms. The summed E-state index contributed by atoms with van der Waals surface area (Å²) in [6.45, 7) is -0.233. The Bertz CT molecular complexity index is 1490.